The zero-order chi connectivity index (χ0) is 7.11. The zero-order valence-corrected chi connectivity index (χ0v) is 6.19. The van der Waals surface area contributed by atoms with E-state index in [-0.39, 0.29) is 0 Å². The van der Waals surface area contributed by atoms with Gasteiger partial charge in [-0.15, -0.1) is 0 Å². The molecular formula is C8H16O. The SMILES string of the molecule is C=C1CCCCC1.CO. The Kier molecular flexibility index (Phi) is 5.64. The Morgan fingerprint density at radius 3 is 1.78 bits per heavy atom. The lowest BCUT2D eigenvalue weighted by Gasteiger charge is -2.10. The number of hydrogen-bond acceptors (Lipinski definition) is 1. The van der Waals surface area contributed by atoms with Crippen LogP contribution in [0.5, 0.6) is 0 Å². The fourth-order valence-electron chi connectivity index (χ4n) is 1.05. The Balaban J connectivity index is 0.000000291. The maximum Gasteiger partial charge on any atom is 0.0319 e. The van der Waals surface area contributed by atoms with Gasteiger partial charge in [0.25, 0.3) is 0 Å². The highest BCUT2D eigenvalue weighted by Gasteiger charge is 2.00. The first-order valence-corrected chi connectivity index (χ1v) is 3.51. The van der Waals surface area contributed by atoms with Gasteiger partial charge in [-0.1, -0.05) is 18.6 Å². The third kappa shape index (κ3) is 4.22. The zero-order valence-electron chi connectivity index (χ0n) is 6.19. The van der Waals surface area contributed by atoms with Crippen LogP contribution in [0.2, 0.25) is 0 Å². The quantitative estimate of drug-likeness (QED) is 0.495. The Hall–Kier alpha value is -0.300. The van der Waals surface area contributed by atoms with Gasteiger partial charge in [-0.05, 0) is 25.7 Å². The van der Waals surface area contributed by atoms with Crippen molar-refractivity contribution in [2.75, 3.05) is 7.11 Å². The van der Waals surface area contributed by atoms with Crippen molar-refractivity contribution in [1.82, 2.24) is 0 Å². The van der Waals surface area contributed by atoms with E-state index in [0.29, 0.717) is 0 Å². The first-order valence-electron chi connectivity index (χ1n) is 3.51. The van der Waals surface area contributed by atoms with Crippen LogP contribution in [0, 0.1) is 0 Å². The first kappa shape index (κ1) is 8.70. The normalized spacial score (nSPS) is 18.2. The summed E-state index contributed by atoms with van der Waals surface area (Å²) in [5.41, 5.74) is 1.46. The predicted molar refractivity (Wildman–Crippen MR) is 40.4 cm³/mol. The van der Waals surface area contributed by atoms with Crippen LogP contribution in [0.3, 0.4) is 0 Å². The minimum Gasteiger partial charge on any atom is -0.400 e. The molecule has 9 heavy (non-hydrogen) atoms. The van der Waals surface area contributed by atoms with Crippen LogP contribution in [-0.2, 0) is 0 Å². The summed E-state index contributed by atoms with van der Waals surface area (Å²) in [7, 11) is 1.00. The minimum absolute atomic E-state index is 1.00. The molecule has 1 rings (SSSR count). The molecule has 0 spiro atoms. The molecule has 0 aromatic rings. The second-order valence-electron chi connectivity index (χ2n) is 2.31. The standard InChI is InChI=1S/C7H12.CH4O/c1-7-5-3-2-4-6-7;1-2/h1-6H2;2H,1H3. The van der Waals surface area contributed by atoms with E-state index < -0.39 is 0 Å². The molecule has 0 amide bonds. The topological polar surface area (TPSA) is 20.2 Å². The average Bonchev–Trinajstić information content (AvgIpc) is 1.94. The van der Waals surface area contributed by atoms with Gasteiger partial charge in [-0.2, -0.15) is 0 Å². The number of hydrogen-bond donors (Lipinski definition) is 1. The molecule has 0 saturated heterocycles. The van der Waals surface area contributed by atoms with Crippen molar-refractivity contribution in [3.05, 3.63) is 12.2 Å². The predicted octanol–water partition coefficient (Wildman–Crippen LogP) is 2.12. The third-order valence-electron chi connectivity index (χ3n) is 1.56. The Morgan fingerprint density at radius 2 is 1.56 bits per heavy atom. The first-order chi connectivity index (χ1) is 4.39. The van der Waals surface area contributed by atoms with E-state index >= 15 is 0 Å². The van der Waals surface area contributed by atoms with E-state index in [1.165, 1.54) is 37.7 Å². The molecule has 1 saturated carbocycles. The van der Waals surface area contributed by atoms with Crippen molar-refractivity contribution in [2.45, 2.75) is 32.1 Å². The fraction of sp³-hybridized carbons (Fsp3) is 0.750. The lowest BCUT2D eigenvalue weighted by molar-refractivity contribution is 0.399. The van der Waals surface area contributed by atoms with Gasteiger partial charge in [0.2, 0.25) is 0 Å². The van der Waals surface area contributed by atoms with Crippen molar-refractivity contribution in [1.29, 1.82) is 0 Å². The van der Waals surface area contributed by atoms with Crippen LogP contribution in [0.25, 0.3) is 0 Å². The molecule has 0 aromatic heterocycles. The molecule has 0 aromatic carbocycles. The van der Waals surface area contributed by atoms with Gasteiger partial charge < -0.3 is 5.11 Å². The number of rotatable bonds is 0. The van der Waals surface area contributed by atoms with E-state index in [4.69, 9.17) is 5.11 Å². The maximum atomic E-state index is 7.00. The molecule has 0 unspecified atom stereocenters. The van der Waals surface area contributed by atoms with Gasteiger partial charge >= 0.3 is 0 Å². The van der Waals surface area contributed by atoms with Crippen molar-refractivity contribution in [2.24, 2.45) is 0 Å². The summed E-state index contributed by atoms with van der Waals surface area (Å²) in [5, 5.41) is 7.00. The van der Waals surface area contributed by atoms with Crippen LogP contribution in [0.1, 0.15) is 32.1 Å². The molecule has 0 bridgehead atoms. The van der Waals surface area contributed by atoms with Crippen LogP contribution in [0.15, 0.2) is 12.2 Å². The minimum atomic E-state index is 1.00. The molecule has 1 aliphatic rings. The van der Waals surface area contributed by atoms with Crippen LogP contribution in [0.4, 0.5) is 0 Å². The molecule has 0 atom stereocenters. The summed E-state index contributed by atoms with van der Waals surface area (Å²) in [6.07, 6.45) is 6.79. The molecule has 0 radical (unpaired) electrons. The lowest BCUT2D eigenvalue weighted by atomic mass is 9.97. The molecule has 0 aliphatic heterocycles. The Bertz CT molecular complexity index is 68.6. The molecule has 0 heterocycles. The number of allylic oxidation sites excluding steroid dienone is 1. The highest BCUT2D eigenvalue weighted by molar-refractivity contribution is 4.95. The lowest BCUT2D eigenvalue weighted by Crippen LogP contribution is -1.90. The molecule has 1 N–H and O–H groups in total. The van der Waals surface area contributed by atoms with Crippen molar-refractivity contribution >= 4 is 0 Å². The number of aliphatic hydroxyl groups is 1. The van der Waals surface area contributed by atoms with E-state index in [1.54, 1.807) is 0 Å². The summed E-state index contributed by atoms with van der Waals surface area (Å²) >= 11 is 0. The largest absolute Gasteiger partial charge is 0.400 e. The maximum absolute atomic E-state index is 7.00. The molecule has 54 valence electrons. The van der Waals surface area contributed by atoms with E-state index in [2.05, 4.69) is 6.58 Å². The van der Waals surface area contributed by atoms with Gasteiger partial charge in [-0.3, -0.25) is 0 Å². The number of aliphatic hydroxyl groups excluding tert-OH is 1. The van der Waals surface area contributed by atoms with Gasteiger partial charge in [0.05, 0.1) is 0 Å². The molecular weight excluding hydrogens is 112 g/mol. The summed E-state index contributed by atoms with van der Waals surface area (Å²) in [6.45, 7) is 3.91. The smallest absolute Gasteiger partial charge is 0.0319 e. The summed E-state index contributed by atoms with van der Waals surface area (Å²) in [4.78, 5) is 0. The van der Waals surface area contributed by atoms with Gasteiger partial charge in [0.1, 0.15) is 0 Å². The highest BCUT2D eigenvalue weighted by Crippen LogP contribution is 2.20. The van der Waals surface area contributed by atoms with E-state index in [1.807, 2.05) is 0 Å². The van der Waals surface area contributed by atoms with E-state index in [0.717, 1.165) is 7.11 Å². The second-order valence-corrected chi connectivity index (χ2v) is 2.31. The highest BCUT2D eigenvalue weighted by atomic mass is 16.2. The van der Waals surface area contributed by atoms with Crippen molar-refractivity contribution < 1.29 is 5.11 Å². The van der Waals surface area contributed by atoms with Crippen molar-refractivity contribution in [3.8, 4) is 0 Å². The van der Waals surface area contributed by atoms with Crippen LogP contribution in [-0.4, -0.2) is 12.2 Å². The van der Waals surface area contributed by atoms with Crippen LogP contribution < -0.4 is 0 Å². The summed E-state index contributed by atoms with van der Waals surface area (Å²) in [5.74, 6) is 0. The third-order valence-corrected chi connectivity index (χ3v) is 1.56. The summed E-state index contributed by atoms with van der Waals surface area (Å²) in [6, 6.07) is 0. The van der Waals surface area contributed by atoms with Crippen LogP contribution >= 0.6 is 0 Å². The van der Waals surface area contributed by atoms with Gasteiger partial charge in [0.15, 0.2) is 0 Å². The average molecular weight is 128 g/mol. The fourth-order valence-corrected chi connectivity index (χ4v) is 1.05. The second kappa shape index (κ2) is 5.83. The van der Waals surface area contributed by atoms with Gasteiger partial charge in [0, 0.05) is 7.11 Å². The van der Waals surface area contributed by atoms with Gasteiger partial charge in [-0.25, -0.2) is 0 Å². The molecule has 1 fully saturated rings. The molecule has 1 nitrogen and oxygen atoms in total. The van der Waals surface area contributed by atoms with E-state index in [9.17, 15) is 0 Å². The Labute approximate surface area is 57.4 Å². The van der Waals surface area contributed by atoms with Crippen molar-refractivity contribution in [3.63, 3.8) is 0 Å². The molecule has 1 aliphatic carbocycles. The monoisotopic (exact) mass is 128 g/mol. The Morgan fingerprint density at radius 1 is 1.11 bits per heavy atom. The molecule has 1 heteroatoms. The summed E-state index contributed by atoms with van der Waals surface area (Å²) < 4.78 is 0.